The number of hydrogen-bond acceptors (Lipinski definition) is 4. The molecule has 0 unspecified atom stereocenters. The van der Waals surface area contributed by atoms with E-state index in [1.54, 1.807) is 18.2 Å². The number of aryl methyl sites for hydroxylation is 1. The molecule has 0 bridgehead atoms. The quantitative estimate of drug-likeness (QED) is 0.740. The Hall–Kier alpha value is -1.07. The van der Waals surface area contributed by atoms with Gasteiger partial charge in [-0.25, -0.2) is 4.18 Å². The van der Waals surface area contributed by atoms with Gasteiger partial charge < -0.3 is 4.18 Å². The second-order valence-electron chi connectivity index (χ2n) is 2.47. The lowest BCUT2D eigenvalue weighted by Crippen LogP contribution is -2.10. The van der Waals surface area contributed by atoms with Gasteiger partial charge in [-0.2, -0.15) is 8.42 Å². The maximum Gasteiger partial charge on any atom is 0.448 e. The molecule has 1 rings (SSSR count). The minimum atomic E-state index is -3.89. The Labute approximate surface area is 77.4 Å². The molecule has 4 nitrogen and oxygen atoms in total. The van der Waals surface area contributed by atoms with Crippen LogP contribution in [-0.2, 0) is 14.6 Å². The van der Waals surface area contributed by atoms with E-state index in [4.69, 9.17) is 0 Å². The van der Waals surface area contributed by atoms with Gasteiger partial charge in [-0.15, -0.1) is 0 Å². The van der Waals surface area contributed by atoms with Gasteiger partial charge in [0.25, 0.3) is 0 Å². The van der Waals surface area contributed by atoms with Gasteiger partial charge in [0, 0.05) is 0 Å². The van der Waals surface area contributed by atoms with E-state index >= 15 is 0 Å². The highest BCUT2D eigenvalue weighted by Gasteiger charge is 2.09. The molecule has 1 aromatic carbocycles. The molecule has 0 aliphatic carbocycles. The lowest BCUT2D eigenvalue weighted by molar-refractivity contribution is 0.330. The summed E-state index contributed by atoms with van der Waals surface area (Å²) in [5, 5.41) is 0. The summed E-state index contributed by atoms with van der Waals surface area (Å²) in [6.07, 6.45) is 0. The molecule has 0 spiro atoms. The zero-order valence-corrected chi connectivity index (χ0v) is 8.17. The lowest BCUT2D eigenvalue weighted by atomic mass is 10.2. The van der Waals surface area contributed by atoms with Crippen molar-refractivity contribution in [3.63, 3.8) is 0 Å². The van der Waals surface area contributed by atoms with Gasteiger partial charge in [-0.05, 0) is 24.6 Å². The van der Waals surface area contributed by atoms with Gasteiger partial charge in [0.1, 0.15) is 5.75 Å². The molecular formula is C8H10O4S. The van der Waals surface area contributed by atoms with Crippen LogP contribution in [-0.4, -0.2) is 15.5 Å². The number of hydrogen-bond donors (Lipinski definition) is 0. The van der Waals surface area contributed by atoms with Crippen LogP contribution in [0, 0.1) is 6.92 Å². The minimum absolute atomic E-state index is 0.252. The van der Waals surface area contributed by atoms with Crippen molar-refractivity contribution in [2.75, 3.05) is 7.11 Å². The summed E-state index contributed by atoms with van der Waals surface area (Å²) in [7, 11) is -2.84. The summed E-state index contributed by atoms with van der Waals surface area (Å²) < 4.78 is 30.4. The van der Waals surface area contributed by atoms with Crippen molar-refractivity contribution >= 4 is 10.4 Å². The summed E-state index contributed by atoms with van der Waals surface area (Å²) >= 11 is 0. The summed E-state index contributed by atoms with van der Waals surface area (Å²) in [5.74, 6) is 0.252. The molecule has 13 heavy (non-hydrogen) atoms. The van der Waals surface area contributed by atoms with Crippen LogP contribution >= 0.6 is 0 Å². The zero-order chi connectivity index (χ0) is 9.90. The first-order valence-electron chi connectivity index (χ1n) is 3.60. The molecule has 5 heteroatoms. The van der Waals surface area contributed by atoms with Crippen molar-refractivity contribution in [2.24, 2.45) is 0 Å². The van der Waals surface area contributed by atoms with Crippen molar-refractivity contribution < 1.29 is 16.8 Å². The van der Waals surface area contributed by atoms with Crippen LogP contribution in [0.1, 0.15) is 5.56 Å². The SMILES string of the molecule is COS(=O)(=O)Oc1cccc(C)c1. The standard InChI is InChI=1S/C8H10O4S/c1-7-4-3-5-8(6-7)12-13(9,10)11-2/h3-6H,1-2H3. The third kappa shape index (κ3) is 3.04. The van der Waals surface area contributed by atoms with E-state index in [0.29, 0.717) is 0 Å². The predicted octanol–water partition coefficient (Wildman–Crippen LogP) is 1.27. The van der Waals surface area contributed by atoms with Crippen LogP contribution in [0.5, 0.6) is 5.75 Å². The highest BCUT2D eigenvalue weighted by atomic mass is 32.3. The van der Waals surface area contributed by atoms with Crippen LogP contribution < -0.4 is 4.18 Å². The second-order valence-corrected chi connectivity index (χ2v) is 3.79. The van der Waals surface area contributed by atoms with Crippen LogP contribution in [0.2, 0.25) is 0 Å². The average Bonchev–Trinajstić information content (AvgIpc) is 2.03. The van der Waals surface area contributed by atoms with Gasteiger partial charge >= 0.3 is 10.4 Å². The fraction of sp³-hybridized carbons (Fsp3) is 0.250. The molecule has 0 aromatic heterocycles. The van der Waals surface area contributed by atoms with Crippen LogP contribution in [0.4, 0.5) is 0 Å². The van der Waals surface area contributed by atoms with Crippen LogP contribution in [0.25, 0.3) is 0 Å². The minimum Gasteiger partial charge on any atom is -0.362 e. The van der Waals surface area contributed by atoms with Crippen molar-refractivity contribution in [2.45, 2.75) is 6.92 Å². The first-order chi connectivity index (χ1) is 6.03. The molecule has 0 atom stereocenters. The molecule has 0 saturated heterocycles. The Morgan fingerprint density at radius 3 is 2.54 bits per heavy atom. The Kier molecular flexibility index (Phi) is 2.90. The normalized spacial score (nSPS) is 11.2. The number of rotatable bonds is 3. The molecule has 0 radical (unpaired) electrons. The van der Waals surface area contributed by atoms with Gasteiger partial charge in [-0.3, -0.25) is 0 Å². The van der Waals surface area contributed by atoms with Gasteiger partial charge in [0.05, 0.1) is 7.11 Å². The Morgan fingerprint density at radius 1 is 1.31 bits per heavy atom. The van der Waals surface area contributed by atoms with Gasteiger partial charge in [-0.1, -0.05) is 12.1 Å². The molecular weight excluding hydrogens is 192 g/mol. The molecule has 0 aliphatic rings. The average molecular weight is 202 g/mol. The molecule has 72 valence electrons. The van der Waals surface area contributed by atoms with E-state index in [2.05, 4.69) is 8.37 Å². The summed E-state index contributed by atoms with van der Waals surface area (Å²) in [4.78, 5) is 0. The lowest BCUT2D eigenvalue weighted by Gasteiger charge is -2.03. The zero-order valence-electron chi connectivity index (χ0n) is 7.35. The highest BCUT2D eigenvalue weighted by Crippen LogP contribution is 2.14. The van der Waals surface area contributed by atoms with E-state index < -0.39 is 10.4 Å². The third-order valence-corrected chi connectivity index (χ3v) is 2.20. The third-order valence-electron chi connectivity index (χ3n) is 1.39. The fourth-order valence-electron chi connectivity index (χ4n) is 0.819. The van der Waals surface area contributed by atoms with Crippen molar-refractivity contribution in [3.8, 4) is 5.75 Å². The molecule has 0 fully saturated rings. The largest absolute Gasteiger partial charge is 0.448 e. The predicted molar refractivity (Wildman–Crippen MR) is 47.7 cm³/mol. The van der Waals surface area contributed by atoms with Crippen LogP contribution in [0.3, 0.4) is 0 Å². The molecule has 0 amide bonds. The number of benzene rings is 1. The fourth-order valence-corrected chi connectivity index (χ4v) is 1.23. The van der Waals surface area contributed by atoms with Crippen molar-refractivity contribution in [1.29, 1.82) is 0 Å². The first kappa shape index (κ1) is 10.0. The van der Waals surface area contributed by atoms with Gasteiger partial charge in [0.2, 0.25) is 0 Å². The summed E-state index contributed by atoms with van der Waals surface area (Å²) in [6, 6.07) is 6.70. The first-order valence-corrected chi connectivity index (χ1v) is 4.93. The van der Waals surface area contributed by atoms with E-state index in [1.807, 2.05) is 13.0 Å². The summed E-state index contributed by atoms with van der Waals surface area (Å²) in [5.41, 5.74) is 0.920. The molecule has 0 N–H and O–H groups in total. The van der Waals surface area contributed by atoms with E-state index in [9.17, 15) is 8.42 Å². The monoisotopic (exact) mass is 202 g/mol. The van der Waals surface area contributed by atoms with Gasteiger partial charge in [0.15, 0.2) is 0 Å². The summed E-state index contributed by atoms with van der Waals surface area (Å²) in [6.45, 7) is 1.84. The molecule has 1 aromatic rings. The second kappa shape index (κ2) is 3.76. The van der Waals surface area contributed by atoms with Crippen LogP contribution in [0.15, 0.2) is 24.3 Å². The molecule has 0 heterocycles. The Bertz CT molecular complexity index is 383. The van der Waals surface area contributed by atoms with E-state index in [1.165, 1.54) is 0 Å². The van der Waals surface area contributed by atoms with Crippen molar-refractivity contribution in [1.82, 2.24) is 0 Å². The molecule has 0 saturated carbocycles. The smallest absolute Gasteiger partial charge is 0.362 e. The highest BCUT2D eigenvalue weighted by molar-refractivity contribution is 7.82. The van der Waals surface area contributed by atoms with Crippen molar-refractivity contribution in [3.05, 3.63) is 29.8 Å². The maximum atomic E-state index is 10.8. The molecule has 0 aliphatic heterocycles. The van der Waals surface area contributed by atoms with E-state index in [-0.39, 0.29) is 5.75 Å². The maximum absolute atomic E-state index is 10.8. The van der Waals surface area contributed by atoms with E-state index in [0.717, 1.165) is 12.7 Å². The Balaban J connectivity index is 2.87. The Morgan fingerprint density at radius 2 is 2.00 bits per heavy atom. The topological polar surface area (TPSA) is 52.6 Å².